The third kappa shape index (κ3) is 9.02. The third-order valence-corrected chi connectivity index (χ3v) is 7.48. The summed E-state index contributed by atoms with van der Waals surface area (Å²) in [5, 5.41) is 17.6. The lowest BCUT2D eigenvalue weighted by Crippen LogP contribution is -2.66. The number of nitrogens with one attached hydrogen (secondary N) is 1. The van der Waals surface area contributed by atoms with Crippen LogP contribution in [0.2, 0.25) is 0 Å². The molecule has 2 aromatic heterocycles. The van der Waals surface area contributed by atoms with Gasteiger partial charge < -0.3 is 20.3 Å². The molecule has 2 saturated heterocycles. The zero-order chi connectivity index (χ0) is 30.2. The van der Waals surface area contributed by atoms with Gasteiger partial charge in [0.15, 0.2) is 0 Å². The van der Waals surface area contributed by atoms with Crippen LogP contribution in [0.5, 0.6) is 0 Å². The van der Waals surface area contributed by atoms with Gasteiger partial charge in [0.25, 0.3) is 0 Å². The highest BCUT2D eigenvalue weighted by atomic mass is 32.2. The molecule has 4 rings (SSSR count). The topological polar surface area (TPSA) is 159 Å². The van der Waals surface area contributed by atoms with E-state index in [0.29, 0.717) is 25.6 Å². The molecule has 0 aromatic carbocycles. The molecule has 0 radical (unpaired) electrons. The Balaban J connectivity index is 0.000000333. The van der Waals surface area contributed by atoms with E-state index in [2.05, 4.69) is 15.3 Å². The number of pyridine rings is 2. The first kappa shape index (κ1) is 32.7. The van der Waals surface area contributed by atoms with Gasteiger partial charge in [0.2, 0.25) is 10.0 Å². The van der Waals surface area contributed by atoms with Gasteiger partial charge in [0.05, 0.1) is 5.60 Å². The summed E-state index contributed by atoms with van der Waals surface area (Å²) in [5.74, 6) is -4.31. The van der Waals surface area contributed by atoms with Gasteiger partial charge in [-0.3, -0.25) is 4.98 Å². The molecule has 2 aliphatic rings. The van der Waals surface area contributed by atoms with Crippen LogP contribution in [0.15, 0.2) is 53.8 Å². The second kappa shape index (κ2) is 13.2. The Hall–Kier alpha value is -3.51. The summed E-state index contributed by atoms with van der Waals surface area (Å²) in [6, 6.07) is 8.99. The highest BCUT2D eigenvalue weighted by molar-refractivity contribution is 7.89. The number of hydrogen-bond acceptors (Lipinski definition) is 8. The largest absolute Gasteiger partial charge is 0.490 e. The van der Waals surface area contributed by atoms with Crippen molar-refractivity contribution in [1.29, 1.82) is 0 Å². The highest BCUT2D eigenvalue weighted by Gasteiger charge is 2.56. The second-order valence-electron chi connectivity index (χ2n) is 8.40. The zero-order valence-electron chi connectivity index (χ0n) is 20.4. The summed E-state index contributed by atoms with van der Waals surface area (Å²) in [5.41, 5.74) is -0.346. The minimum atomic E-state index is -5.08. The smallest absolute Gasteiger partial charge is 0.475 e. The van der Waals surface area contributed by atoms with Crippen LogP contribution >= 0.6 is 0 Å². The predicted molar refractivity (Wildman–Crippen MR) is 125 cm³/mol. The molecule has 0 bridgehead atoms. The number of aliphatic carboxylic acids is 2. The van der Waals surface area contributed by atoms with Crippen LogP contribution in [0.4, 0.5) is 32.2 Å². The highest BCUT2D eigenvalue weighted by Crippen LogP contribution is 2.43. The monoisotopic (exact) mass is 602 g/mol. The number of nitrogens with zero attached hydrogens (tertiary/aromatic N) is 3. The van der Waals surface area contributed by atoms with Gasteiger partial charge in [-0.2, -0.15) is 30.6 Å². The lowest BCUT2D eigenvalue weighted by molar-refractivity contribution is -0.193. The number of rotatable bonds is 6. The molecule has 18 heteroatoms. The SMILES string of the molecule is O=C(O)C(F)(F)F.O=C(O)C(F)(F)F.O=S(=O)(c1cccnc1)N1CC2(C1)OCCC2CCNc1ccccn1. The molecule has 40 heavy (non-hydrogen) atoms. The van der Waals surface area contributed by atoms with Gasteiger partial charge in [-0.15, -0.1) is 0 Å². The molecule has 3 N–H and O–H groups in total. The summed E-state index contributed by atoms with van der Waals surface area (Å²) in [4.78, 5) is 26.2. The molecule has 1 spiro atoms. The number of anilines is 1. The molecule has 222 valence electrons. The molecule has 11 nitrogen and oxygen atoms in total. The van der Waals surface area contributed by atoms with Gasteiger partial charge in [-0.05, 0) is 43.0 Å². The van der Waals surface area contributed by atoms with Crippen molar-refractivity contribution in [1.82, 2.24) is 14.3 Å². The van der Waals surface area contributed by atoms with E-state index < -0.39 is 34.3 Å². The summed E-state index contributed by atoms with van der Waals surface area (Å²) < 4.78 is 96.3. The molecular weight excluding hydrogens is 578 g/mol. The number of carboxylic acids is 2. The van der Waals surface area contributed by atoms with Crippen LogP contribution in [-0.2, 0) is 24.3 Å². The van der Waals surface area contributed by atoms with Gasteiger partial charge in [0, 0.05) is 44.8 Å². The van der Waals surface area contributed by atoms with Gasteiger partial charge in [0.1, 0.15) is 10.7 Å². The van der Waals surface area contributed by atoms with E-state index in [9.17, 15) is 34.8 Å². The van der Waals surface area contributed by atoms with Crippen LogP contribution in [0.3, 0.4) is 0 Å². The van der Waals surface area contributed by atoms with Crippen LogP contribution in [-0.4, -0.2) is 89.0 Å². The molecule has 0 amide bonds. The molecule has 1 unspecified atom stereocenters. The number of alkyl halides is 6. The molecule has 0 aliphatic carbocycles. The van der Waals surface area contributed by atoms with E-state index in [1.807, 2.05) is 18.2 Å². The lowest BCUT2D eigenvalue weighted by Gasteiger charge is -2.49. The Morgan fingerprint density at radius 2 is 1.62 bits per heavy atom. The summed E-state index contributed by atoms with van der Waals surface area (Å²) in [6.07, 6.45) is -3.55. The summed E-state index contributed by atoms with van der Waals surface area (Å²) in [6.45, 7) is 2.31. The van der Waals surface area contributed by atoms with E-state index in [0.717, 1.165) is 25.2 Å². The van der Waals surface area contributed by atoms with E-state index in [1.54, 1.807) is 24.5 Å². The third-order valence-electron chi connectivity index (χ3n) is 5.71. The van der Waals surface area contributed by atoms with E-state index in [4.69, 9.17) is 24.5 Å². The number of hydrogen-bond donors (Lipinski definition) is 3. The van der Waals surface area contributed by atoms with Crippen LogP contribution < -0.4 is 5.32 Å². The van der Waals surface area contributed by atoms with Crippen molar-refractivity contribution < 1.29 is 59.3 Å². The Morgan fingerprint density at radius 3 is 2.10 bits per heavy atom. The number of aromatic nitrogens is 2. The maximum Gasteiger partial charge on any atom is 0.490 e. The first-order valence-corrected chi connectivity index (χ1v) is 12.7. The summed E-state index contributed by atoms with van der Waals surface area (Å²) >= 11 is 0. The lowest BCUT2D eigenvalue weighted by atomic mass is 9.80. The minimum Gasteiger partial charge on any atom is -0.475 e. The van der Waals surface area contributed by atoms with Crippen molar-refractivity contribution >= 4 is 27.8 Å². The second-order valence-corrected chi connectivity index (χ2v) is 10.3. The van der Waals surface area contributed by atoms with Crippen molar-refractivity contribution in [3.8, 4) is 0 Å². The normalized spacial score (nSPS) is 18.4. The minimum absolute atomic E-state index is 0.237. The van der Waals surface area contributed by atoms with Crippen LogP contribution in [0.1, 0.15) is 12.8 Å². The standard InChI is InChI=1S/C18H22N4O3S.2C2HF3O2/c23-26(24,16-4-3-8-19-12-16)22-13-18(14-22)15(7-11-25-18)6-10-21-17-5-1-2-9-20-17;2*3-2(4,5)1(6)7/h1-5,8-9,12,15H,6-7,10-11,13-14H2,(H,20,21);2*(H,6,7). The predicted octanol–water partition coefficient (Wildman–Crippen LogP) is 3.03. The Kier molecular flexibility index (Phi) is 10.8. The molecule has 1 atom stereocenters. The number of sulfonamides is 1. The summed E-state index contributed by atoms with van der Waals surface area (Å²) in [7, 11) is -3.49. The van der Waals surface area contributed by atoms with Crippen molar-refractivity contribution in [3.05, 3.63) is 48.9 Å². The number of carbonyl (C=O) groups is 2. The number of carboxylic acid groups (broad SMARTS) is 2. The fraction of sp³-hybridized carbons (Fsp3) is 0.455. The quantitative estimate of drug-likeness (QED) is 0.420. The molecular formula is C22H24F6N4O7S. The van der Waals surface area contributed by atoms with Crippen molar-refractivity contribution in [2.24, 2.45) is 5.92 Å². The maximum atomic E-state index is 12.7. The van der Waals surface area contributed by atoms with Crippen molar-refractivity contribution in [2.45, 2.75) is 35.7 Å². The van der Waals surface area contributed by atoms with Crippen molar-refractivity contribution in [2.75, 3.05) is 31.6 Å². The van der Waals surface area contributed by atoms with E-state index in [1.165, 1.54) is 10.5 Å². The molecule has 2 fully saturated rings. The average molecular weight is 603 g/mol. The van der Waals surface area contributed by atoms with Gasteiger partial charge in [-0.25, -0.2) is 23.0 Å². The Morgan fingerprint density at radius 1 is 1.02 bits per heavy atom. The molecule has 0 saturated carbocycles. The zero-order valence-corrected chi connectivity index (χ0v) is 21.2. The average Bonchev–Trinajstić information content (AvgIpc) is 3.28. The van der Waals surface area contributed by atoms with E-state index >= 15 is 0 Å². The van der Waals surface area contributed by atoms with Crippen molar-refractivity contribution in [3.63, 3.8) is 0 Å². The Labute approximate surface area is 223 Å². The molecule has 2 aromatic rings. The van der Waals surface area contributed by atoms with Crippen LogP contribution in [0.25, 0.3) is 0 Å². The number of ether oxygens (including phenoxy) is 1. The number of halogens is 6. The maximum absolute atomic E-state index is 12.7. The van der Waals surface area contributed by atoms with Crippen LogP contribution in [0, 0.1) is 5.92 Å². The fourth-order valence-electron chi connectivity index (χ4n) is 3.75. The fourth-order valence-corrected chi connectivity index (χ4v) is 5.27. The van der Waals surface area contributed by atoms with Gasteiger partial charge in [-0.1, -0.05) is 6.07 Å². The first-order valence-electron chi connectivity index (χ1n) is 11.3. The van der Waals surface area contributed by atoms with Gasteiger partial charge >= 0.3 is 24.3 Å². The first-order chi connectivity index (χ1) is 18.5. The molecule has 2 aliphatic heterocycles. The molecule has 4 heterocycles. The van der Waals surface area contributed by atoms with E-state index in [-0.39, 0.29) is 10.5 Å². The Bertz CT molecular complexity index is 1200.